The second kappa shape index (κ2) is 7.00. The van der Waals surface area contributed by atoms with E-state index >= 15 is 0 Å². The second-order valence-electron chi connectivity index (χ2n) is 6.69. The molecule has 0 bridgehead atoms. The third kappa shape index (κ3) is 3.01. The summed E-state index contributed by atoms with van der Waals surface area (Å²) in [5.41, 5.74) is 3.82. The van der Waals surface area contributed by atoms with Crippen LogP contribution in [0.1, 0.15) is 41.3 Å². The zero-order chi connectivity index (χ0) is 19.7. The number of hydrogen-bond acceptors (Lipinski definition) is 5. The number of H-pyrrole nitrogens is 1. The second-order valence-corrected chi connectivity index (χ2v) is 6.69. The summed E-state index contributed by atoms with van der Waals surface area (Å²) < 4.78 is 5.33. The first-order chi connectivity index (χ1) is 13.6. The Balaban J connectivity index is 1.70. The van der Waals surface area contributed by atoms with Crippen molar-refractivity contribution in [3.63, 3.8) is 0 Å². The number of nitrogens with one attached hydrogen (secondary N) is 2. The standard InChI is InChI=1S/C21H17N5O2/c1-12(2)19-13(9-22)4-3-5-15(19)21(27)24-14-6-7-17-16(8-14)20(26-25-17)18-10-23-11-28-18/h3-8,10-12H,1-2H3,(H,24,27)(H,25,26). The lowest BCUT2D eigenvalue weighted by atomic mass is 9.92. The molecule has 2 aromatic heterocycles. The molecule has 1 amide bonds. The van der Waals surface area contributed by atoms with Gasteiger partial charge in [0.1, 0.15) is 5.69 Å². The number of aromatic amines is 1. The molecule has 7 heteroatoms. The highest BCUT2D eigenvalue weighted by Gasteiger charge is 2.18. The molecule has 0 aliphatic rings. The highest BCUT2D eigenvalue weighted by atomic mass is 16.3. The summed E-state index contributed by atoms with van der Waals surface area (Å²) in [7, 11) is 0. The third-order valence-electron chi connectivity index (χ3n) is 4.53. The van der Waals surface area contributed by atoms with Crippen LogP contribution < -0.4 is 5.32 Å². The largest absolute Gasteiger partial charge is 0.442 e. The van der Waals surface area contributed by atoms with Crippen LogP contribution in [-0.4, -0.2) is 21.1 Å². The van der Waals surface area contributed by atoms with Crippen molar-refractivity contribution in [1.82, 2.24) is 15.2 Å². The molecule has 7 nitrogen and oxygen atoms in total. The Kier molecular flexibility index (Phi) is 4.38. The number of anilines is 1. The van der Waals surface area contributed by atoms with Gasteiger partial charge in [0.15, 0.2) is 12.2 Å². The average Bonchev–Trinajstić information content (AvgIpc) is 3.36. The Morgan fingerprint density at radius 1 is 1.29 bits per heavy atom. The maximum Gasteiger partial charge on any atom is 0.255 e. The monoisotopic (exact) mass is 371 g/mol. The zero-order valence-electron chi connectivity index (χ0n) is 15.4. The van der Waals surface area contributed by atoms with Gasteiger partial charge in [-0.25, -0.2) is 4.98 Å². The molecule has 4 rings (SSSR count). The van der Waals surface area contributed by atoms with Crippen molar-refractivity contribution in [2.75, 3.05) is 5.32 Å². The Labute approximate surface area is 161 Å². The van der Waals surface area contributed by atoms with E-state index in [4.69, 9.17) is 4.42 Å². The lowest BCUT2D eigenvalue weighted by molar-refractivity contribution is 0.102. The normalized spacial score (nSPS) is 10.9. The SMILES string of the molecule is CC(C)c1c(C#N)cccc1C(=O)Nc1ccc2[nH]nc(-c3cnco3)c2c1. The Morgan fingerprint density at radius 2 is 2.14 bits per heavy atom. The molecule has 4 aromatic rings. The van der Waals surface area contributed by atoms with Crippen molar-refractivity contribution < 1.29 is 9.21 Å². The maximum absolute atomic E-state index is 12.9. The van der Waals surface area contributed by atoms with Gasteiger partial charge in [0, 0.05) is 16.6 Å². The predicted octanol–water partition coefficient (Wildman–Crippen LogP) is 4.47. The number of carbonyl (C=O) groups excluding carboxylic acids is 1. The molecule has 2 heterocycles. The average molecular weight is 371 g/mol. The van der Waals surface area contributed by atoms with Crippen LogP contribution in [0.15, 0.2) is 53.4 Å². The summed E-state index contributed by atoms with van der Waals surface area (Å²) in [6.07, 6.45) is 2.93. The Bertz CT molecular complexity index is 1200. The van der Waals surface area contributed by atoms with E-state index in [-0.39, 0.29) is 11.8 Å². The van der Waals surface area contributed by atoms with Crippen LogP contribution in [0.3, 0.4) is 0 Å². The summed E-state index contributed by atoms with van der Waals surface area (Å²) >= 11 is 0. The van der Waals surface area contributed by atoms with E-state index in [0.717, 1.165) is 16.5 Å². The molecule has 0 aliphatic heterocycles. The highest BCUT2D eigenvalue weighted by Crippen LogP contribution is 2.29. The predicted molar refractivity (Wildman–Crippen MR) is 105 cm³/mol. The molecule has 0 saturated heterocycles. The number of fused-ring (bicyclic) bond motifs is 1. The number of benzene rings is 2. The van der Waals surface area contributed by atoms with E-state index in [0.29, 0.717) is 28.3 Å². The first kappa shape index (κ1) is 17.5. The van der Waals surface area contributed by atoms with Crippen molar-refractivity contribution in [2.24, 2.45) is 0 Å². The molecule has 0 radical (unpaired) electrons. The minimum Gasteiger partial charge on any atom is -0.442 e. The van der Waals surface area contributed by atoms with Crippen LogP contribution in [0.4, 0.5) is 5.69 Å². The number of aromatic nitrogens is 3. The molecule has 0 unspecified atom stereocenters. The summed E-state index contributed by atoms with van der Waals surface area (Å²) in [6, 6.07) is 12.8. The van der Waals surface area contributed by atoms with Crippen molar-refractivity contribution in [1.29, 1.82) is 5.26 Å². The molecule has 28 heavy (non-hydrogen) atoms. The Morgan fingerprint density at radius 3 is 2.86 bits per heavy atom. The highest BCUT2D eigenvalue weighted by molar-refractivity contribution is 6.07. The number of oxazole rings is 1. The van der Waals surface area contributed by atoms with Crippen LogP contribution >= 0.6 is 0 Å². The molecule has 0 spiro atoms. The quantitative estimate of drug-likeness (QED) is 0.550. The van der Waals surface area contributed by atoms with Gasteiger partial charge in [0.25, 0.3) is 5.91 Å². The minimum absolute atomic E-state index is 0.0472. The molecule has 138 valence electrons. The minimum atomic E-state index is -0.259. The number of nitrogens with zero attached hydrogens (tertiary/aromatic N) is 3. The first-order valence-corrected chi connectivity index (χ1v) is 8.80. The van der Waals surface area contributed by atoms with Gasteiger partial charge < -0.3 is 9.73 Å². The molecule has 0 saturated carbocycles. The molecular weight excluding hydrogens is 354 g/mol. The van der Waals surface area contributed by atoms with E-state index in [9.17, 15) is 10.1 Å². The van der Waals surface area contributed by atoms with Crippen LogP contribution in [0.5, 0.6) is 0 Å². The van der Waals surface area contributed by atoms with Crippen molar-refractivity contribution in [2.45, 2.75) is 19.8 Å². The topological polar surface area (TPSA) is 108 Å². The maximum atomic E-state index is 12.9. The molecule has 0 aliphatic carbocycles. The van der Waals surface area contributed by atoms with E-state index in [1.165, 1.54) is 6.39 Å². The summed E-state index contributed by atoms with van der Waals surface area (Å²) in [6.45, 7) is 3.93. The van der Waals surface area contributed by atoms with Gasteiger partial charge in [-0.1, -0.05) is 19.9 Å². The van der Waals surface area contributed by atoms with Gasteiger partial charge in [-0.2, -0.15) is 10.4 Å². The molecule has 2 N–H and O–H groups in total. The molecule has 2 aromatic carbocycles. The lowest BCUT2D eigenvalue weighted by Gasteiger charge is -2.14. The fraction of sp³-hybridized carbons (Fsp3) is 0.143. The van der Waals surface area contributed by atoms with Crippen LogP contribution in [0, 0.1) is 11.3 Å². The van der Waals surface area contributed by atoms with Gasteiger partial charge in [-0.3, -0.25) is 9.89 Å². The van der Waals surface area contributed by atoms with E-state index in [1.807, 2.05) is 26.0 Å². The number of carbonyl (C=O) groups is 1. The number of hydrogen-bond donors (Lipinski definition) is 2. The van der Waals surface area contributed by atoms with Gasteiger partial charge in [-0.15, -0.1) is 0 Å². The van der Waals surface area contributed by atoms with Gasteiger partial charge in [0.05, 0.1) is 23.3 Å². The third-order valence-corrected chi connectivity index (χ3v) is 4.53. The zero-order valence-corrected chi connectivity index (χ0v) is 15.4. The van der Waals surface area contributed by atoms with Crippen LogP contribution in [-0.2, 0) is 0 Å². The summed E-state index contributed by atoms with van der Waals surface area (Å²) in [5, 5.41) is 20.3. The number of rotatable bonds is 4. The summed E-state index contributed by atoms with van der Waals surface area (Å²) in [4.78, 5) is 16.8. The smallest absolute Gasteiger partial charge is 0.255 e. The molecule has 0 fully saturated rings. The van der Waals surface area contributed by atoms with Gasteiger partial charge in [0.2, 0.25) is 0 Å². The van der Waals surface area contributed by atoms with E-state index in [2.05, 4.69) is 26.6 Å². The van der Waals surface area contributed by atoms with Crippen LogP contribution in [0.2, 0.25) is 0 Å². The number of amides is 1. The van der Waals surface area contributed by atoms with Crippen molar-refractivity contribution in [3.8, 4) is 17.5 Å². The van der Waals surface area contributed by atoms with Crippen molar-refractivity contribution >= 4 is 22.5 Å². The van der Waals surface area contributed by atoms with E-state index < -0.39 is 0 Å². The Hall–Kier alpha value is -3.92. The molecule has 0 atom stereocenters. The van der Waals surface area contributed by atoms with Gasteiger partial charge in [-0.05, 0) is 41.8 Å². The van der Waals surface area contributed by atoms with Crippen molar-refractivity contribution in [3.05, 3.63) is 65.7 Å². The lowest BCUT2D eigenvalue weighted by Crippen LogP contribution is -2.15. The van der Waals surface area contributed by atoms with E-state index in [1.54, 1.807) is 30.5 Å². The first-order valence-electron chi connectivity index (χ1n) is 8.80. The summed E-state index contributed by atoms with van der Waals surface area (Å²) in [5.74, 6) is 0.328. The fourth-order valence-corrected chi connectivity index (χ4v) is 3.29. The van der Waals surface area contributed by atoms with Crippen LogP contribution in [0.25, 0.3) is 22.4 Å². The molecular formula is C21H17N5O2. The fourth-order valence-electron chi connectivity index (χ4n) is 3.29. The number of nitriles is 1. The van der Waals surface area contributed by atoms with Gasteiger partial charge >= 0.3 is 0 Å².